The zero-order valence-corrected chi connectivity index (χ0v) is 14.9. The van der Waals surface area contributed by atoms with Crippen LogP contribution in [-0.2, 0) is 13.0 Å². The molecular weight excluding hydrogens is 320 g/mol. The van der Waals surface area contributed by atoms with E-state index >= 15 is 0 Å². The van der Waals surface area contributed by atoms with Gasteiger partial charge in [-0.2, -0.15) is 0 Å². The van der Waals surface area contributed by atoms with Gasteiger partial charge in [0.1, 0.15) is 18.1 Å². The normalized spacial score (nSPS) is 12.9. The largest absolute Gasteiger partial charge is 0.497 e. The number of aryl methyl sites for hydroxylation is 1. The van der Waals surface area contributed by atoms with Crippen LogP contribution in [0.25, 0.3) is 5.57 Å². The van der Waals surface area contributed by atoms with Crippen molar-refractivity contribution in [3.8, 4) is 11.5 Å². The fraction of sp³-hybridized carbons (Fsp3) is 0.167. The molecule has 26 heavy (non-hydrogen) atoms. The third-order valence-electron chi connectivity index (χ3n) is 4.78. The molecule has 0 radical (unpaired) electrons. The van der Waals surface area contributed by atoms with Crippen molar-refractivity contribution in [2.45, 2.75) is 19.4 Å². The van der Waals surface area contributed by atoms with Gasteiger partial charge in [-0.05, 0) is 53.3 Å². The summed E-state index contributed by atoms with van der Waals surface area (Å²) in [7, 11) is 1.72. The van der Waals surface area contributed by atoms with Crippen molar-refractivity contribution in [1.82, 2.24) is 0 Å². The molecule has 0 heterocycles. The van der Waals surface area contributed by atoms with E-state index in [1.807, 2.05) is 30.3 Å². The van der Waals surface area contributed by atoms with Crippen LogP contribution in [0.15, 0.2) is 78.9 Å². The lowest BCUT2D eigenvalue weighted by Gasteiger charge is -2.21. The van der Waals surface area contributed by atoms with Gasteiger partial charge in [-0.15, -0.1) is 0 Å². The number of fused-ring (bicyclic) bond motifs is 1. The molecule has 0 fully saturated rings. The summed E-state index contributed by atoms with van der Waals surface area (Å²) in [5.74, 6) is 1.84. The molecule has 0 spiro atoms. The highest BCUT2D eigenvalue weighted by Crippen LogP contribution is 2.37. The number of allylic oxidation sites excluding steroid dienone is 1. The number of para-hydroxylation sites is 1. The number of ether oxygens (including phenoxy) is 2. The maximum Gasteiger partial charge on any atom is 0.127 e. The van der Waals surface area contributed by atoms with E-state index in [4.69, 9.17) is 9.47 Å². The van der Waals surface area contributed by atoms with Crippen molar-refractivity contribution < 1.29 is 9.47 Å². The summed E-state index contributed by atoms with van der Waals surface area (Å²) < 4.78 is 11.6. The Morgan fingerprint density at radius 3 is 2.50 bits per heavy atom. The number of methoxy groups -OCH3 is 1. The molecule has 1 aliphatic rings. The molecule has 1 aliphatic carbocycles. The molecule has 4 rings (SSSR count). The Kier molecular flexibility index (Phi) is 4.74. The van der Waals surface area contributed by atoms with Gasteiger partial charge in [0.2, 0.25) is 0 Å². The van der Waals surface area contributed by atoms with Gasteiger partial charge in [-0.3, -0.25) is 0 Å². The zero-order valence-electron chi connectivity index (χ0n) is 14.9. The van der Waals surface area contributed by atoms with E-state index in [2.05, 4.69) is 48.5 Å². The average molecular weight is 342 g/mol. The Morgan fingerprint density at radius 2 is 1.65 bits per heavy atom. The van der Waals surface area contributed by atoms with E-state index in [-0.39, 0.29) is 0 Å². The number of hydrogen-bond acceptors (Lipinski definition) is 2. The highest BCUT2D eigenvalue weighted by molar-refractivity contribution is 5.85. The van der Waals surface area contributed by atoms with Crippen LogP contribution in [0.2, 0.25) is 0 Å². The molecule has 0 amide bonds. The fourth-order valence-corrected chi connectivity index (χ4v) is 3.45. The lowest BCUT2D eigenvalue weighted by molar-refractivity contribution is 0.305. The van der Waals surface area contributed by atoms with Crippen molar-refractivity contribution in [3.63, 3.8) is 0 Å². The molecule has 3 aromatic carbocycles. The first kappa shape index (κ1) is 16.5. The zero-order chi connectivity index (χ0) is 17.8. The van der Waals surface area contributed by atoms with Gasteiger partial charge < -0.3 is 9.47 Å². The van der Waals surface area contributed by atoms with Crippen LogP contribution in [-0.4, -0.2) is 7.11 Å². The SMILES string of the molecule is COc1ccc2c(c1)CCC=C2c1ccccc1OCc1ccccc1. The molecule has 0 bridgehead atoms. The van der Waals surface area contributed by atoms with Gasteiger partial charge in [0.25, 0.3) is 0 Å². The second-order valence-corrected chi connectivity index (χ2v) is 6.45. The molecule has 0 N–H and O–H groups in total. The lowest BCUT2D eigenvalue weighted by atomic mass is 9.86. The smallest absolute Gasteiger partial charge is 0.127 e. The highest BCUT2D eigenvalue weighted by Gasteiger charge is 2.17. The van der Waals surface area contributed by atoms with Crippen molar-refractivity contribution in [1.29, 1.82) is 0 Å². The number of rotatable bonds is 5. The van der Waals surface area contributed by atoms with Crippen LogP contribution < -0.4 is 9.47 Å². The Bertz CT molecular complexity index is 926. The Morgan fingerprint density at radius 1 is 0.846 bits per heavy atom. The van der Waals surface area contributed by atoms with E-state index in [1.165, 1.54) is 22.3 Å². The summed E-state index contributed by atoms with van der Waals surface area (Å²) in [5, 5.41) is 0. The summed E-state index contributed by atoms with van der Waals surface area (Å²) in [6, 6.07) is 24.9. The van der Waals surface area contributed by atoms with Gasteiger partial charge in [-0.1, -0.05) is 60.7 Å². The Labute approximate surface area is 154 Å². The van der Waals surface area contributed by atoms with Crippen molar-refractivity contribution >= 4 is 5.57 Å². The third-order valence-corrected chi connectivity index (χ3v) is 4.78. The van der Waals surface area contributed by atoms with Crippen LogP contribution in [0, 0.1) is 0 Å². The van der Waals surface area contributed by atoms with Crippen LogP contribution in [0.5, 0.6) is 11.5 Å². The van der Waals surface area contributed by atoms with E-state index < -0.39 is 0 Å². The minimum atomic E-state index is 0.570. The first-order chi connectivity index (χ1) is 12.8. The fourth-order valence-electron chi connectivity index (χ4n) is 3.45. The molecular formula is C24H22O2. The van der Waals surface area contributed by atoms with E-state index in [0.29, 0.717) is 6.61 Å². The van der Waals surface area contributed by atoms with Crippen LogP contribution in [0.3, 0.4) is 0 Å². The maximum absolute atomic E-state index is 6.17. The highest BCUT2D eigenvalue weighted by atomic mass is 16.5. The average Bonchev–Trinajstić information content (AvgIpc) is 2.72. The van der Waals surface area contributed by atoms with Crippen LogP contribution >= 0.6 is 0 Å². The Hall–Kier alpha value is -3.00. The second kappa shape index (κ2) is 7.49. The van der Waals surface area contributed by atoms with Gasteiger partial charge in [0.05, 0.1) is 7.11 Å². The van der Waals surface area contributed by atoms with E-state index in [1.54, 1.807) is 7.11 Å². The number of benzene rings is 3. The van der Waals surface area contributed by atoms with Gasteiger partial charge in [-0.25, -0.2) is 0 Å². The summed E-state index contributed by atoms with van der Waals surface area (Å²) in [4.78, 5) is 0. The lowest BCUT2D eigenvalue weighted by Crippen LogP contribution is -2.04. The molecule has 0 aliphatic heterocycles. The molecule has 0 saturated heterocycles. The van der Waals surface area contributed by atoms with E-state index in [9.17, 15) is 0 Å². The first-order valence-corrected chi connectivity index (χ1v) is 8.99. The quantitative estimate of drug-likeness (QED) is 0.596. The third kappa shape index (κ3) is 3.36. The molecule has 0 saturated carbocycles. The predicted octanol–water partition coefficient (Wildman–Crippen LogP) is 5.65. The van der Waals surface area contributed by atoms with Gasteiger partial charge in [0, 0.05) is 5.56 Å². The van der Waals surface area contributed by atoms with Crippen molar-refractivity contribution in [2.75, 3.05) is 7.11 Å². The van der Waals surface area contributed by atoms with Crippen molar-refractivity contribution in [3.05, 3.63) is 101 Å². The topological polar surface area (TPSA) is 18.5 Å². The summed E-state index contributed by atoms with van der Waals surface area (Å²) in [6.45, 7) is 0.570. The molecule has 0 unspecified atom stereocenters. The monoisotopic (exact) mass is 342 g/mol. The summed E-state index contributed by atoms with van der Waals surface area (Å²) in [6.07, 6.45) is 4.39. The minimum Gasteiger partial charge on any atom is -0.497 e. The molecule has 130 valence electrons. The molecule has 2 nitrogen and oxygen atoms in total. The molecule has 3 aromatic rings. The van der Waals surface area contributed by atoms with Crippen LogP contribution in [0.4, 0.5) is 0 Å². The Balaban J connectivity index is 1.66. The van der Waals surface area contributed by atoms with Gasteiger partial charge in [0.15, 0.2) is 0 Å². The molecule has 2 heteroatoms. The van der Waals surface area contributed by atoms with Crippen LogP contribution in [0.1, 0.15) is 28.7 Å². The van der Waals surface area contributed by atoms with E-state index in [0.717, 1.165) is 29.9 Å². The van der Waals surface area contributed by atoms with Gasteiger partial charge >= 0.3 is 0 Å². The standard InChI is InChI=1S/C24H22O2/c1-25-20-14-15-21-19(16-20)10-7-12-22(21)23-11-5-6-13-24(23)26-17-18-8-3-2-4-9-18/h2-6,8-9,11-16H,7,10,17H2,1H3. The summed E-state index contributed by atoms with van der Waals surface area (Å²) in [5.41, 5.74) is 6.17. The molecule has 0 atom stereocenters. The van der Waals surface area contributed by atoms with Crippen molar-refractivity contribution in [2.24, 2.45) is 0 Å². The second-order valence-electron chi connectivity index (χ2n) is 6.45. The number of hydrogen-bond donors (Lipinski definition) is 0. The first-order valence-electron chi connectivity index (χ1n) is 8.99. The minimum absolute atomic E-state index is 0.570. The maximum atomic E-state index is 6.17. The predicted molar refractivity (Wildman–Crippen MR) is 106 cm³/mol. The molecule has 0 aromatic heterocycles. The summed E-state index contributed by atoms with van der Waals surface area (Å²) >= 11 is 0.